The monoisotopic (exact) mass is 1790 g/mol. The van der Waals surface area contributed by atoms with Gasteiger partial charge in [0.15, 0.2) is 0 Å². The van der Waals surface area contributed by atoms with Crippen molar-refractivity contribution in [2.45, 2.75) is 0 Å². The van der Waals surface area contributed by atoms with Gasteiger partial charge in [-0.15, -0.1) is 0 Å². The first kappa shape index (κ1) is 90.9. The van der Waals surface area contributed by atoms with Crippen LogP contribution in [0.5, 0.6) is 17.2 Å². The van der Waals surface area contributed by atoms with Gasteiger partial charge in [-0.2, -0.15) is 8.78 Å². The number of aromatic amines is 2. The number of fused-ring (bicyclic) bond motifs is 5. The molecular formula is C89H79Cl4F2N23O9. The SMILES string of the molecule is COc1cc(F)c([N+](=O)[O-])cc1N.COc1cc(F)c([N+](=O)[O-])cc1Nc1nccc(-c2cn(C)c3ccccc23)n1.COc1cc(N(C)CCN(C)C)c([N+](=O)[O-])cc1Nc1nccc(-c2cn(C)c3ccccc23)n1.Clc1ccnc(Cl)n1.Clc1nccc(-c2c[nH]c3ccccc23)n1.Cn1cc(-c2ccnc(Cl)n2)c2ccccc21.c1ccc2[nH]ccc2c1. The zero-order valence-corrected chi connectivity index (χ0v) is 72.3. The Morgan fingerprint density at radius 1 is 0.441 bits per heavy atom. The summed E-state index contributed by atoms with van der Waals surface area (Å²) < 4.78 is 48.3. The second-order valence-corrected chi connectivity index (χ2v) is 29.2. The molecule has 0 saturated heterocycles. The van der Waals surface area contributed by atoms with Crippen LogP contribution in [0.15, 0.2) is 256 Å². The summed E-state index contributed by atoms with van der Waals surface area (Å²) in [4.78, 5) is 82.5. The van der Waals surface area contributed by atoms with E-state index in [-0.39, 0.29) is 55.3 Å². The van der Waals surface area contributed by atoms with Crippen molar-refractivity contribution in [2.24, 2.45) is 21.1 Å². The number of methoxy groups -OCH3 is 3. The molecule has 0 spiro atoms. The lowest BCUT2D eigenvalue weighted by Gasteiger charge is -2.22. The molecule has 38 heteroatoms. The van der Waals surface area contributed by atoms with Crippen molar-refractivity contribution in [3.63, 3.8) is 0 Å². The summed E-state index contributed by atoms with van der Waals surface area (Å²) in [5, 5.41) is 46.0. The summed E-state index contributed by atoms with van der Waals surface area (Å²) in [6, 6.07) is 58.5. The number of H-pyrrole nitrogens is 2. The third-order valence-corrected chi connectivity index (χ3v) is 20.0. The molecule has 0 bridgehead atoms. The molecule has 18 aromatic rings. The minimum atomic E-state index is -0.983. The van der Waals surface area contributed by atoms with Gasteiger partial charge in [-0.1, -0.05) is 103 Å². The van der Waals surface area contributed by atoms with E-state index in [1.807, 2.05) is 179 Å². The topological polar surface area (TPSA) is 389 Å². The van der Waals surface area contributed by atoms with Gasteiger partial charge in [0.05, 0.1) is 75.9 Å². The number of halogens is 6. The molecule has 18 rings (SSSR count). The van der Waals surface area contributed by atoms with Crippen molar-refractivity contribution < 1.29 is 37.8 Å². The number of likely N-dealkylation sites (N-methyl/N-ethyl adjacent to an activating group) is 2. The fourth-order valence-electron chi connectivity index (χ4n) is 13.2. The minimum Gasteiger partial charge on any atom is -0.494 e. The molecule has 0 amide bonds. The van der Waals surface area contributed by atoms with Crippen molar-refractivity contribution >= 4 is 153 Å². The average Bonchev–Trinajstić information content (AvgIpc) is 1.66. The number of aryl methyl sites for hydroxylation is 3. The minimum absolute atomic E-state index is 0.0280. The highest BCUT2D eigenvalue weighted by molar-refractivity contribution is 6.31. The number of para-hydroxylation sites is 5. The number of rotatable bonds is 18. The number of aromatic nitrogens is 15. The normalized spacial score (nSPS) is 10.7. The third kappa shape index (κ3) is 22.7. The van der Waals surface area contributed by atoms with Gasteiger partial charge >= 0.3 is 11.4 Å². The standard InChI is InChI=1S/C25H29N7O3.C20H16FN5O3.C13H10ClN3.C12H8ClN3.C8H7N.C7H7FN2O3.C4H2Cl2N2/c1-29(2)12-13-30(3)22-15-24(35-5)20(14-23(22)32(33)34)28-25-26-11-10-19(27-25)18-16-31(4)21-9-7-6-8-17(18)21;1-25-11-13(12-5-3-4-6-17(12)25)15-7-8-22-20(23-15)24-16-10-18(26(27)28)14(21)9-19(16)29-2;1-17-8-10(9-4-2-3-5-12(9)17)11-6-7-15-13(14)16-11;13-12-14-6-5-11(16-12)9-7-15-10-4-2-1-3-8(9)10;1-2-4-8-7(3-1)5-6-9-8;1-13-7-2-4(8)6(10(11)12)3-5(7)9;5-3-1-2-7-4(6)8-3/h6-11,14-16H,12-13H2,1-5H3,(H,26,27,28);3-11H,1-2H3,(H,22,23,24);2-8H,1H3;1-7,15H;1-6,9H;2-3H,9H2,1H3;1-2H. The number of ether oxygens (including phenoxy) is 3. The Labute approximate surface area is 743 Å². The van der Waals surface area contributed by atoms with Crippen molar-refractivity contribution in [2.75, 3.05) is 76.8 Å². The van der Waals surface area contributed by atoms with E-state index in [9.17, 15) is 39.1 Å². The van der Waals surface area contributed by atoms with Crippen molar-refractivity contribution in [1.82, 2.24) is 78.4 Å². The Hall–Kier alpha value is -15.4. The summed E-state index contributed by atoms with van der Waals surface area (Å²) >= 11 is 22.4. The number of nitrogen functional groups attached to an aromatic ring is 1. The van der Waals surface area contributed by atoms with Crippen LogP contribution in [-0.2, 0) is 21.1 Å². The number of nitrogens with two attached hydrogens (primary N) is 1. The Bertz CT molecular complexity index is 6910. The van der Waals surface area contributed by atoms with Crippen molar-refractivity contribution in [1.29, 1.82) is 0 Å². The molecule has 646 valence electrons. The maximum atomic E-state index is 13.9. The van der Waals surface area contributed by atoms with E-state index in [2.05, 4.69) is 139 Å². The largest absolute Gasteiger partial charge is 0.494 e. The number of nitro benzene ring substituents is 3. The van der Waals surface area contributed by atoms with Gasteiger partial charge in [0.2, 0.25) is 39.4 Å². The van der Waals surface area contributed by atoms with Crippen molar-refractivity contribution in [3.8, 4) is 62.3 Å². The van der Waals surface area contributed by atoms with Crippen LogP contribution in [-0.4, -0.2) is 149 Å². The molecule has 0 aliphatic heterocycles. The van der Waals surface area contributed by atoms with Crippen LogP contribution in [0.2, 0.25) is 21.0 Å². The summed E-state index contributed by atoms with van der Waals surface area (Å²) in [7, 11) is 15.9. The Balaban J connectivity index is 0.000000142. The number of nitro groups is 3. The smallest absolute Gasteiger partial charge is 0.307 e. The molecule has 0 aliphatic carbocycles. The molecule has 0 fully saturated rings. The van der Waals surface area contributed by atoms with Gasteiger partial charge in [-0.05, 0) is 121 Å². The van der Waals surface area contributed by atoms with Gasteiger partial charge in [-0.3, -0.25) is 30.3 Å². The van der Waals surface area contributed by atoms with E-state index in [4.69, 9.17) is 61.6 Å². The van der Waals surface area contributed by atoms with Gasteiger partial charge in [0.1, 0.15) is 28.1 Å². The average molecular weight is 1790 g/mol. The van der Waals surface area contributed by atoms with Gasteiger partial charge in [0.25, 0.3) is 5.69 Å². The summed E-state index contributed by atoms with van der Waals surface area (Å²) in [5.74, 6) is -0.776. The summed E-state index contributed by atoms with van der Waals surface area (Å²) in [6.07, 6.45) is 18.0. The highest BCUT2D eigenvalue weighted by Crippen LogP contribution is 2.41. The second kappa shape index (κ2) is 42.1. The molecule has 0 unspecified atom stereocenters. The zero-order valence-electron chi connectivity index (χ0n) is 69.2. The molecule has 0 saturated carbocycles. The Morgan fingerprint density at radius 3 is 1.29 bits per heavy atom. The summed E-state index contributed by atoms with van der Waals surface area (Å²) in [5.41, 5.74) is 17.9. The van der Waals surface area contributed by atoms with Gasteiger partial charge in [-0.25, -0.2) is 49.8 Å². The van der Waals surface area contributed by atoms with Gasteiger partial charge in [0, 0.05) is 211 Å². The van der Waals surface area contributed by atoms with Crippen LogP contribution >= 0.6 is 46.4 Å². The molecule has 0 radical (unpaired) electrons. The lowest BCUT2D eigenvalue weighted by Crippen LogP contribution is -2.28. The number of nitrogens with zero attached hydrogens (tertiary/aromatic N) is 18. The number of benzene rings is 8. The van der Waals surface area contributed by atoms with Crippen LogP contribution < -0.4 is 35.5 Å². The van der Waals surface area contributed by atoms with E-state index in [0.29, 0.717) is 40.5 Å². The maximum Gasteiger partial charge on any atom is 0.307 e. The first-order chi connectivity index (χ1) is 61.2. The highest BCUT2D eigenvalue weighted by Gasteiger charge is 2.25. The maximum absolute atomic E-state index is 13.9. The number of hydrogen-bond acceptors (Lipinski definition) is 24. The first-order valence-corrected chi connectivity index (χ1v) is 39.7. The molecule has 6 N–H and O–H groups in total. The fraction of sp³-hybridized carbons (Fsp3) is 0.124. The van der Waals surface area contributed by atoms with E-state index >= 15 is 0 Å². The van der Waals surface area contributed by atoms with E-state index in [1.165, 1.54) is 55.4 Å². The Kier molecular flexibility index (Phi) is 30.2. The van der Waals surface area contributed by atoms with Crippen LogP contribution in [0.4, 0.5) is 60.5 Å². The molecule has 127 heavy (non-hydrogen) atoms. The molecule has 32 nitrogen and oxygen atoms in total. The third-order valence-electron chi connectivity index (χ3n) is 19.2. The van der Waals surface area contributed by atoms with Crippen LogP contribution in [0, 0.1) is 42.0 Å². The summed E-state index contributed by atoms with van der Waals surface area (Å²) in [6.45, 7) is 1.38. The van der Waals surface area contributed by atoms with E-state index < -0.39 is 32.9 Å². The number of nitrogens with one attached hydrogen (secondary N) is 4. The van der Waals surface area contributed by atoms with Crippen LogP contribution in [0.3, 0.4) is 0 Å². The predicted octanol–water partition coefficient (Wildman–Crippen LogP) is 20.6. The zero-order chi connectivity index (χ0) is 90.5. The molecule has 10 heterocycles. The first-order valence-electron chi connectivity index (χ1n) is 38.2. The van der Waals surface area contributed by atoms with Gasteiger partial charge < -0.3 is 64.0 Å². The highest BCUT2D eigenvalue weighted by atomic mass is 35.5. The molecular weight excluding hydrogens is 1710 g/mol. The molecule has 10 aromatic heterocycles. The predicted molar refractivity (Wildman–Crippen MR) is 493 cm³/mol. The van der Waals surface area contributed by atoms with E-state index in [1.54, 1.807) is 43.0 Å². The van der Waals surface area contributed by atoms with Crippen molar-refractivity contribution in [3.05, 3.63) is 319 Å². The number of anilines is 6. The van der Waals surface area contributed by atoms with Crippen LogP contribution in [0.25, 0.3) is 99.5 Å². The lowest BCUT2D eigenvalue weighted by molar-refractivity contribution is -0.387. The molecule has 0 aliphatic rings. The Morgan fingerprint density at radius 2 is 0.843 bits per heavy atom. The molecule has 0 atom stereocenters. The molecule has 8 aromatic carbocycles. The fourth-order valence-corrected chi connectivity index (χ4v) is 13.8. The number of hydrogen-bond donors (Lipinski definition) is 5. The quantitative estimate of drug-likeness (QED) is 0.0175. The second-order valence-electron chi connectivity index (χ2n) is 27.8. The van der Waals surface area contributed by atoms with Crippen LogP contribution in [0.1, 0.15) is 0 Å². The van der Waals surface area contributed by atoms with E-state index in [0.717, 1.165) is 103 Å². The lowest BCUT2D eigenvalue weighted by atomic mass is 10.1.